The second-order valence-corrected chi connectivity index (χ2v) is 21.3. The van der Waals surface area contributed by atoms with E-state index in [2.05, 4.69) is 106 Å². The lowest BCUT2D eigenvalue weighted by Gasteiger charge is -2.18. The summed E-state index contributed by atoms with van der Waals surface area (Å²) in [6.07, 6.45) is 83.1. The molecule has 0 amide bonds. The third kappa shape index (κ3) is 61.3. The SMILES string of the molecule is CC/C=C\C/C=C\C/C=C\C/C=C\CCCCCCC(=O)OC(COC(=O)CCCCCCC/C=C\CCCCCC)COC(=O)CCCCCCCCCCCCCCCCC/C=C\C/C=C\CCCCCCC. The maximum Gasteiger partial charge on any atom is 0.306 e. The Hall–Kier alpha value is -3.41. The van der Waals surface area contributed by atoms with Crippen LogP contribution in [-0.2, 0) is 28.6 Å². The summed E-state index contributed by atoms with van der Waals surface area (Å²) in [7, 11) is 0. The number of hydrogen-bond acceptors (Lipinski definition) is 6. The molecule has 0 aromatic heterocycles. The highest BCUT2D eigenvalue weighted by molar-refractivity contribution is 5.71. The van der Waals surface area contributed by atoms with Gasteiger partial charge >= 0.3 is 17.9 Å². The molecule has 6 heteroatoms. The van der Waals surface area contributed by atoms with Crippen molar-refractivity contribution in [1.29, 1.82) is 0 Å². The molecule has 0 saturated heterocycles. The lowest BCUT2D eigenvalue weighted by atomic mass is 10.0. The van der Waals surface area contributed by atoms with Crippen molar-refractivity contribution in [3.8, 4) is 0 Å². The first-order valence-electron chi connectivity index (χ1n) is 32.1. The number of esters is 3. The minimum absolute atomic E-state index is 0.0877. The Balaban J connectivity index is 4.28. The highest BCUT2D eigenvalue weighted by Crippen LogP contribution is 2.16. The molecule has 0 spiro atoms. The summed E-state index contributed by atoms with van der Waals surface area (Å²) in [6, 6.07) is 0. The van der Waals surface area contributed by atoms with Gasteiger partial charge in [0.2, 0.25) is 0 Å². The van der Waals surface area contributed by atoms with Crippen molar-refractivity contribution in [1.82, 2.24) is 0 Å². The summed E-state index contributed by atoms with van der Waals surface area (Å²) in [5.41, 5.74) is 0. The quantitative estimate of drug-likeness (QED) is 0.0261. The predicted molar refractivity (Wildman–Crippen MR) is 325 cm³/mol. The number of carbonyl (C=O) groups is 3. The molecule has 0 aliphatic heterocycles. The van der Waals surface area contributed by atoms with Gasteiger partial charge in [-0.05, 0) is 116 Å². The Labute approximate surface area is 465 Å². The molecule has 0 aromatic rings. The molecule has 0 rings (SSSR count). The standard InChI is InChI=1S/C69H120O6/c1-4-7-10-13-16-19-22-25-27-29-30-31-32-33-34-35-36-37-38-40-41-44-47-50-53-56-59-62-68(71)74-65-66(64-73-67(70)61-58-55-52-49-46-43-24-21-18-15-12-9-6-3)75-69(72)63-60-57-54-51-48-45-42-39-28-26-23-20-17-14-11-8-5-2/h8,11,17,20-22,24-26,28-30,42,45,66H,4-7,9-10,12-16,18-19,23,27,31-41,43-44,46-65H2,1-3H3/b11-8-,20-17-,24-21-,25-22-,28-26-,30-29-,45-42-. The third-order valence-electron chi connectivity index (χ3n) is 13.9. The van der Waals surface area contributed by atoms with Gasteiger partial charge < -0.3 is 14.2 Å². The van der Waals surface area contributed by atoms with Crippen LogP contribution < -0.4 is 0 Å². The van der Waals surface area contributed by atoms with E-state index in [4.69, 9.17) is 14.2 Å². The summed E-state index contributed by atoms with van der Waals surface area (Å²) in [4.78, 5) is 38.3. The summed E-state index contributed by atoms with van der Waals surface area (Å²) >= 11 is 0. The van der Waals surface area contributed by atoms with E-state index in [0.717, 1.165) is 109 Å². The van der Waals surface area contributed by atoms with Crippen LogP contribution in [0.25, 0.3) is 0 Å². The topological polar surface area (TPSA) is 78.9 Å². The summed E-state index contributed by atoms with van der Waals surface area (Å²) in [5.74, 6) is -0.910. The van der Waals surface area contributed by atoms with Crippen LogP contribution in [0.4, 0.5) is 0 Å². The van der Waals surface area contributed by atoms with Gasteiger partial charge in [0.1, 0.15) is 13.2 Å². The Kier molecular flexibility index (Phi) is 60.3. The maximum absolute atomic E-state index is 12.9. The fourth-order valence-electron chi connectivity index (χ4n) is 9.05. The number of rotatable bonds is 58. The van der Waals surface area contributed by atoms with Gasteiger partial charge in [0, 0.05) is 19.3 Å². The van der Waals surface area contributed by atoms with Crippen LogP contribution in [0.2, 0.25) is 0 Å². The molecule has 0 aliphatic rings. The van der Waals surface area contributed by atoms with Gasteiger partial charge in [0.25, 0.3) is 0 Å². The van der Waals surface area contributed by atoms with Crippen LogP contribution in [0, 0.1) is 0 Å². The maximum atomic E-state index is 12.9. The average Bonchev–Trinajstić information content (AvgIpc) is 3.41. The van der Waals surface area contributed by atoms with Gasteiger partial charge in [0.15, 0.2) is 6.10 Å². The minimum Gasteiger partial charge on any atom is -0.462 e. The average molecular weight is 1050 g/mol. The van der Waals surface area contributed by atoms with Gasteiger partial charge in [-0.3, -0.25) is 14.4 Å². The van der Waals surface area contributed by atoms with Crippen molar-refractivity contribution >= 4 is 17.9 Å². The van der Waals surface area contributed by atoms with Crippen LogP contribution in [0.3, 0.4) is 0 Å². The molecule has 0 N–H and O–H groups in total. The minimum atomic E-state index is -0.793. The lowest BCUT2D eigenvalue weighted by molar-refractivity contribution is -0.167. The van der Waals surface area contributed by atoms with Gasteiger partial charge in [-0.1, -0.05) is 266 Å². The highest BCUT2D eigenvalue weighted by Gasteiger charge is 2.19. The monoisotopic (exact) mass is 1040 g/mol. The molecule has 432 valence electrons. The molecule has 0 radical (unpaired) electrons. The first-order chi connectivity index (χ1) is 37.0. The van der Waals surface area contributed by atoms with Crippen LogP contribution in [0.15, 0.2) is 85.1 Å². The van der Waals surface area contributed by atoms with Crippen molar-refractivity contribution in [2.45, 2.75) is 322 Å². The van der Waals surface area contributed by atoms with Crippen LogP contribution >= 0.6 is 0 Å². The molecular formula is C69H120O6. The second kappa shape index (κ2) is 63.1. The van der Waals surface area contributed by atoms with Crippen LogP contribution in [0.1, 0.15) is 316 Å². The fourth-order valence-corrected chi connectivity index (χ4v) is 9.05. The van der Waals surface area contributed by atoms with Gasteiger partial charge in [-0.15, -0.1) is 0 Å². The van der Waals surface area contributed by atoms with Crippen molar-refractivity contribution in [3.05, 3.63) is 85.1 Å². The molecule has 0 saturated carbocycles. The van der Waals surface area contributed by atoms with E-state index in [9.17, 15) is 14.4 Å². The molecular weight excluding hydrogens is 925 g/mol. The second-order valence-electron chi connectivity index (χ2n) is 21.3. The van der Waals surface area contributed by atoms with E-state index in [1.807, 2.05) is 0 Å². The van der Waals surface area contributed by atoms with E-state index >= 15 is 0 Å². The van der Waals surface area contributed by atoms with E-state index in [1.54, 1.807) is 0 Å². The normalized spacial score (nSPS) is 12.6. The first kappa shape index (κ1) is 71.6. The zero-order valence-electron chi connectivity index (χ0n) is 49.6. The number of carbonyl (C=O) groups excluding carboxylic acids is 3. The zero-order valence-corrected chi connectivity index (χ0v) is 49.6. The lowest BCUT2D eigenvalue weighted by Crippen LogP contribution is -2.30. The molecule has 1 atom stereocenters. The predicted octanol–water partition coefficient (Wildman–Crippen LogP) is 21.9. The largest absolute Gasteiger partial charge is 0.462 e. The number of hydrogen-bond donors (Lipinski definition) is 0. The van der Waals surface area contributed by atoms with Gasteiger partial charge in [0.05, 0.1) is 0 Å². The Morgan fingerprint density at radius 2 is 0.520 bits per heavy atom. The number of allylic oxidation sites excluding steroid dienone is 14. The van der Waals surface area contributed by atoms with Crippen LogP contribution in [0.5, 0.6) is 0 Å². The fraction of sp³-hybridized carbons (Fsp3) is 0.754. The van der Waals surface area contributed by atoms with E-state index < -0.39 is 6.10 Å². The van der Waals surface area contributed by atoms with Gasteiger partial charge in [-0.2, -0.15) is 0 Å². The molecule has 0 aliphatic carbocycles. The molecule has 1 unspecified atom stereocenters. The molecule has 6 nitrogen and oxygen atoms in total. The van der Waals surface area contributed by atoms with Crippen LogP contribution in [-0.4, -0.2) is 37.2 Å². The van der Waals surface area contributed by atoms with Crippen molar-refractivity contribution in [2.24, 2.45) is 0 Å². The Morgan fingerprint density at radius 3 is 0.840 bits per heavy atom. The van der Waals surface area contributed by atoms with E-state index in [0.29, 0.717) is 19.3 Å². The Bertz CT molecular complexity index is 1430. The molecule has 0 heterocycles. The zero-order chi connectivity index (χ0) is 54.3. The number of ether oxygens (including phenoxy) is 3. The summed E-state index contributed by atoms with van der Waals surface area (Å²) in [5, 5.41) is 0. The van der Waals surface area contributed by atoms with E-state index in [-0.39, 0.29) is 31.1 Å². The van der Waals surface area contributed by atoms with Crippen molar-refractivity contribution in [3.63, 3.8) is 0 Å². The molecule has 0 fully saturated rings. The van der Waals surface area contributed by atoms with Crippen molar-refractivity contribution in [2.75, 3.05) is 13.2 Å². The van der Waals surface area contributed by atoms with Gasteiger partial charge in [-0.25, -0.2) is 0 Å². The smallest absolute Gasteiger partial charge is 0.306 e. The molecule has 75 heavy (non-hydrogen) atoms. The Morgan fingerprint density at radius 1 is 0.280 bits per heavy atom. The molecule has 0 aromatic carbocycles. The number of unbranched alkanes of at least 4 members (excludes halogenated alkanes) is 33. The third-order valence-corrected chi connectivity index (χ3v) is 13.9. The van der Waals surface area contributed by atoms with Crippen molar-refractivity contribution < 1.29 is 28.6 Å². The first-order valence-corrected chi connectivity index (χ1v) is 32.1. The van der Waals surface area contributed by atoms with E-state index in [1.165, 1.54) is 167 Å². The molecule has 0 bridgehead atoms. The highest BCUT2D eigenvalue weighted by atomic mass is 16.6. The summed E-state index contributed by atoms with van der Waals surface area (Å²) < 4.78 is 16.9. The summed E-state index contributed by atoms with van der Waals surface area (Å²) in [6.45, 7) is 6.50.